The molecule has 0 aliphatic carbocycles. The zero-order chi connectivity index (χ0) is 16.2. The summed E-state index contributed by atoms with van der Waals surface area (Å²) < 4.78 is 0. The van der Waals surface area contributed by atoms with E-state index in [2.05, 4.69) is 34.5 Å². The molecule has 1 saturated heterocycles. The maximum atomic E-state index is 11.6. The highest BCUT2D eigenvalue weighted by molar-refractivity contribution is 5.93. The molecule has 1 aliphatic heterocycles. The number of benzene rings is 2. The van der Waals surface area contributed by atoms with Gasteiger partial charge in [-0.1, -0.05) is 42.5 Å². The van der Waals surface area contributed by atoms with Crippen LogP contribution in [0.15, 0.2) is 54.6 Å². The summed E-state index contributed by atoms with van der Waals surface area (Å²) in [5.41, 5.74) is 9.56. The number of nitrogens with zero attached hydrogens (tertiary/aromatic N) is 1. The van der Waals surface area contributed by atoms with Gasteiger partial charge in [-0.2, -0.15) is 0 Å². The molecule has 0 aromatic heterocycles. The summed E-state index contributed by atoms with van der Waals surface area (Å²) in [6.07, 6.45) is 0. The van der Waals surface area contributed by atoms with Crippen LogP contribution in [0.25, 0.3) is 0 Å². The summed E-state index contributed by atoms with van der Waals surface area (Å²) in [7, 11) is 1.64. The Morgan fingerprint density at radius 3 is 2.42 bits per heavy atom. The predicted molar refractivity (Wildman–Crippen MR) is 99.5 cm³/mol. The van der Waals surface area contributed by atoms with E-state index in [4.69, 9.17) is 5.73 Å². The molecule has 3 N–H and O–H groups in total. The molecule has 24 heavy (non-hydrogen) atoms. The fourth-order valence-corrected chi connectivity index (χ4v) is 3.26. The Balaban J connectivity index is 0.00000208. The van der Waals surface area contributed by atoms with Crippen LogP contribution in [0.4, 0.5) is 0 Å². The van der Waals surface area contributed by atoms with Crippen molar-refractivity contribution < 1.29 is 4.79 Å². The summed E-state index contributed by atoms with van der Waals surface area (Å²) in [4.78, 5) is 14.0. The summed E-state index contributed by atoms with van der Waals surface area (Å²) >= 11 is 0. The van der Waals surface area contributed by atoms with E-state index in [1.54, 1.807) is 7.05 Å². The van der Waals surface area contributed by atoms with Crippen LogP contribution in [-0.4, -0.2) is 37.0 Å². The second-order valence-corrected chi connectivity index (χ2v) is 6.15. The molecule has 128 valence electrons. The summed E-state index contributed by atoms with van der Waals surface area (Å²) in [6, 6.07) is 18.5. The van der Waals surface area contributed by atoms with Crippen LogP contribution in [0.2, 0.25) is 0 Å². The van der Waals surface area contributed by atoms with Gasteiger partial charge in [0.2, 0.25) is 0 Å². The van der Waals surface area contributed by atoms with E-state index in [1.807, 2.05) is 30.3 Å². The zero-order valence-corrected chi connectivity index (χ0v) is 14.6. The highest BCUT2D eigenvalue weighted by atomic mass is 35.5. The van der Waals surface area contributed by atoms with Crippen LogP contribution in [-0.2, 0) is 6.54 Å². The standard InChI is InChI=1S/C19H23N3O.ClH/c1-21-19(23)16-9-7-14(8-10-16)11-22-12-17(18(20)13-22)15-5-3-2-4-6-15;/h2-10,17-18H,11-13,20H2,1H3,(H,21,23);1H/t17-,18+;/m0./s1. The van der Waals surface area contributed by atoms with Crippen molar-refractivity contribution in [1.82, 2.24) is 10.2 Å². The molecular formula is C19H24ClN3O. The minimum Gasteiger partial charge on any atom is -0.355 e. The first kappa shape index (κ1) is 18.5. The van der Waals surface area contributed by atoms with E-state index in [-0.39, 0.29) is 24.4 Å². The molecule has 1 heterocycles. The van der Waals surface area contributed by atoms with Gasteiger partial charge in [0.25, 0.3) is 5.91 Å². The molecule has 5 heteroatoms. The van der Waals surface area contributed by atoms with Gasteiger partial charge >= 0.3 is 0 Å². The molecule has 0 bridgehead atoms. The average molecular weight is 346 g/mol. The molecule has 2 atom stereocenters. The van der Waals surface area contributed by atoms with Gasteiger partial charge in [0, 0.05) is 44.2 Å². The lowest BCUT2D eigenvalue weighted by atomic mass is 9.95. The Morgan fingerprint density at radius 2 is 1.79 bits per heavy atom. The summed E-state index contributed by atoms with van der Waals surface area (Å²) in [6.45, 7) is 2.74. The van der Waals surface area contributed by atoms with Crippen LogP contribution in [0, 0.1) is 0 Å². The fourth-order valence-electron chi connectivity index (χ4n) is 3.26. The number of hydrogen-bond acceptors (Lipinski definition) is 3. The lowest BCUT2D eigenvalue weighted by Gasteiger charge is -2.16. The molecule has 1 aliphatic rings. The molecule has 0 spiro atoms. The Kier molecular flexibility index (Phi) is 6.37. The van der Waals surface area contributed by atoms with Crippen LogP contribution in [0.5, 0.6) is 0 Å². The quantitative estimate of drug-likeness (QED) is 0.894. The minimum absolute atomic E-state index is 0. The Bertz CT molecular complexity index is 660. The highest BCUT2D eigenvalue weighted by Crippen LogP contribution is 2.27. The SMILES string of the molecule is CNC(=O)c1ccc(CN2C[C@@H](N)[C@H](c3ccccc3)C2)cc1.Cl. The Hall–Kier alpha value is -1.88. The van der Waals surface area contributed by atoms with Gasteiger partial charge < -0.3 is 11.1 Å². The van der Waals surface area contributed by atoms with Crippen LogP contribution in [0.3, 0.4) is 0 Å². The maximum absolute atomic E-state index is 11.6. The van der Waals surface area contributed by atoms with E-state index >= 15 is 0 Å². The van der Waals surface area contributed by atoms with Gasteiger partial charge in [-0.25, -0.2) is 0 Å². The zero-order valence-electron chi connectivity index (χ0n) is 13.8. The summed E-state index contributed by atoms with van der Waals surface area (Å²) in [5, 5.41) is 2.64. The van der Waals surface area contributed by atoms with Crippen molar-refractivity contribution in [3.63, 3.8) is 0 Å². The monoisotopic (exact) mass is 345 g/mol. The number of halogens is 1. The number of carbonyl (C=O) groups excluding carboxylic acids is 1. The third-order valence-corrected chi connectivity index (χ3v) is 4.52. The van der Waals surface area contributed by atoms with Crippen molar-refractivity contribution in [2.75, 3.05) is 20.1 Å². The van der Waals surface area contributed by atoms with Crippen molar-refractivity contribution >= 4 is 18.3 Å². The first-order chi connectivity index (χ1) is 11.2. The van der Waals surface area contributed by atoms with E-state index in [0.29, 0.717) is 11.5 Å². The number of amides is 1. The predicted octanol–water partition coefficient (Wildman–Crippen LogP) is 2.39. The van der Waals surface area contributed by atoms with Crippen molar-refractivity contribution in [3.8, 4) is 0 Å². The van der Waals surface area contributed by atoms with Gasteiger partial charge in [0.05, 0.1) is 0 Å². The van der Waals surface area contributed by atoms with Gasteiger partial charge in [-0.15, -0.1) is 12.4 Å². The van der Waals surface area contributed by atoms with Crippen molar-refractivity contribution in [3.05, 3.63) is 71.3 Å². The number of nitrogens with one attached hydrogen (secondary N) is 1. The normalized spacial score (nSPS) is 20.4. The van der Waals surface area contributed by atoms with E-state index in [1.165, 1.54) is 11.1 Å². The number of rotatable bonds is 4. The largest absolute Gasteiger partial charge is 0.355 e. The van der Waals surface area contributed by atoms with E-state index in [0.717, 1.165) is 19.6 Å². The molecular weight excluding hydrogens is 322 g/mol. The Morgan fingerprint density at radius 1 is 1.12 bits per heavy atom. The molecule has 1 fully saturated rings. The molecule has 0 saturated carbocycles. The maximum Gasteiger partial charge on any atom is 0.251 e. The van der Waals surface area contributed by atoms with Crippen LogP contribution < -0.4 is 11.1 Å². The second-order valence-electron chi connectivity index (χ2n) is 6.15. The molecule has 4 nitrogen and oxygen atoms in total. The minimum atomic E-state index is -0.0520. The van der Waals surface area contributed by atoms with Gasteiger partial charge in [-0.05, 0) is 23.3 Å². The average Bonchev–Trinajstić information content (AvgIpc) is 2.96. The molecule has 0 radical (unpaired) electrons. The molecule has 1 amide bonds. The smallest absolute Gasteiger partial charge is 0.251 e. The number of hydrogen-bond donors (Lipinski definition) is 2. The third kappa shape index (κ3) is 4.15. The van der Waals surface area contributed by atoms with Crippen molar-refractivity contribution in [2.24, 2.45) is 5.73 Å². The van der Waals surface area contributed by atoms with Crippen LogP contribution >= 0.6 is 12.4 Å². The first-order valence-electron chi connectivity index (χ1n) is 8.01. The van der Waals surface area contributed by atoms with Gasteiger partial charge in [0.1, 0.15) is 0 Å². The van der Waals surface area contributed by atoms with Crippen molar-refractivity contribution in [2.45, 2.75) is 18.5 Å². The lowest BCUT2D eigenvalue weighted by Crippen LogP contribution is -2.28. The molecule has 3 rings (SSSR count). The molecule has 0 unspecified atom stereocenters. The molecule has 2 aromatic rings. The topological polar surface area (TPSA) is 58.4 Å². The highest BCUT2D eigenvalue weighted by Gasteiger charge is 2.30. The van der Waals surface area contributed by atoms with Crippen LogP contribution in [0.1, 0.15) is 27.4 Å². The van der Waals surface area contributed by atoms with Crippen molar-refractivity contribution in [1.29, 1.82) is 0 Å². The lowest BCUT2D eigenvalue weighted by molar-refractivity contribution is 0.0963. The van der Waals surface area contributed by atoms with E-state index in [9.17, 15) is 4.79 Å². The first-order valence-corrected chi connectivity index (χ1v) is 8.01. The summed E-state index contributed by atoms with van der Waals surface area (Å²) in [5.74, 6) is 0.338. The van der Waals surface area contributed by atoms with Gasteiger partial charge in [0.15, 0.2) is 0 Å². The number of likely N-dealkylation sites (tertiary alicyclic amines) is 1. The molecule has 2 aromatic carbocycles. The van der Waals surface area contributed by atoms with E-state index < -0.39 is 0 Å². The second kappa shape index (κ2) is 8.29. The number of carbonyl (C=O) groups is 1. The fraction of sp³-hybridized carbons (Fsp3) is 0.316. The van der Waals surface area contributed by atoms with Gasteiger partial charge in [-0.3, -0.25) is 9.69 Å². The third-order valence-electron chi connectivity index (χ3n) is 4.52. The number of nitrogens with two attached hydrogens (primary N) is 1. The Labute approximate surface area is 149 Å².